The summed E-state index contributed by atoms with van der Waals surface area (Å²) in [6.07, 6.45) is 2.44. The second kappa shape index (κ2) is 10.2. The summed E-state index contributed by atoms with van der Waals surface area (Å²) in [6.45, 7) is 1.21. The van der Waals surface area contributed by atoms with E-state index in [1.165, 1.54) is 0 Å². The lowest BCUT2D eigenvalue weighted by Gasteiger charge is -2.15. The molecule has 0 spiro atoms. The molecule has 1 aromatic carbocycles. The zero-order chi connectivity index (χ0) is 16.7. The van der Waals surface area contributed by atoms with Crippen molar-refractivity contribution in [2.24, 2.45) is 4.99 Å². The zero-order valence-corrected chi connectivity index (χ0v) is 16.5. The summed E-state index contributed by atoms with van der Waals surface area (Å²) in [6, 6.07) is 9.03. The van der Waals surface area contributed by atoms with E-state index in [-0.39, 0.29) is 29.8 Å². The molecule has 0 fully saturated rings. The third-order valence-electron chi connectivity index (χ3n) is 3.42. The third-order valence-corrected chi connectivity index (χ3v) is 3.42. The van der Waals surface area contributed by atoms with E-state index >= 15 is 0 Å². The molecule has 2 aromatic rings. The van der Waals surface area contributed by atoms with Gasteiger partial charge < -0.3 is 20.0 Å². The van der Waals surface area contributed by atoms with Crippen LogP contribution >= 0.6 is 24.0 Å². The third kappa shape index (κ3) is 6.03. The number of benzene rings is 1. The van der Waals surface area contributed by atoms with Gasteiger partial charge in [0.1, 0.15) is 11.6 Å². The predicted molar refractivity (Wildman–Crippen MR) is 107 cm³/mol. The number of guanidine groups is 1. The molecule has 0 saturated carbocycles. The maximum Gasteiger partial charge on any atom is 0.191 e. The summed E-state index contributed by atoms with van der Waals surface area (Å²) in [5.74, 6) is 1.37. The first-order valence-corrected chi connectivity index (χ1v) is 7.53. The smallest absolute Gasteiger partial charge is 0.191 e. The first-order valence-electron chi connectivity index (χ1n) is 7.53. The zero-order valence-electron chi connectivity index (χ0n) is 14.2. The summed E-state index contributed by atoms with van der Waals surface area (Å²) in [7, 11) is 5.35. The molecule has 0 aliphatic rings. The lowest BCUT2D eigenvalue weighted by Crippen LogP contribution is -2.37. The van der Waals surface area contributed by atoms with Gasteiger partial charge >= 0.3 is 0 Å². The van der Waals surface area contributed by atoms with E-state index in [9.17, 15) is 4.39 Å². The van der Waals surface area contributed by atoms with Crippen molar-refractivity contribution in [1.82, 2.24) is 10.6 Å². The van der Waals surface area contributed by atoms with Crippen LogP contribution in [0.3, 0.4) is 0 Å². The van der Waals surface area contributed by atoms with E-state index in [2.05, 4.69) is 15.6 Å². The minimum absolute atomic E-state index is 0. The van der Waals surface area contributed by atoms with Crippen molar-refractivity contribution in [1.29, 1.82) is 0 Å². The maximum atomic E-state index is 13.9. The van der Waals surface area contributed by atoms with Crippen molar-refractivity contribution < 1.29 is 8.81 Å². The highest BCUT2D eigenvalue weighted by molar-refractivity contribution is 14.0. The number of nitrogens with one attached hydrogen (secondary N) is 2. The molecule has 0 amide bonds. The molecule has 2 rings (SSSR count). The lowest BCUT2D eigenvalue weighted by atomic mass is 10.2. The second-order valence-electron chi connectivity index (χ2n) is 5.36. The van der Waals surface area contributed by atoms with Gasteiger partial charge in [0.15, 0.2) is 5.96 Å². The number of furan rings is 1. The predicted octanol–water partition coefficient (Wildman–Crippen LogP) is 3.01. The van der Waals surface area contributed by atoms with E-state index in [4.69, 9.17) is 4.42 Å². The van der Waals surface area contributed by atoms with Crippen LogP contribution in [-0.4, -0.2) is 33.6 Å². The summed E-state index contributed by atoms with van der Waals surface area (Å²) < 4.78 is 19.2. The van der Waals surface area contributed by atoms with Crippen LogP contribution in [0.1, 0.15) is 11.3 Å². The molecule has 0 bridgehead atoms. The van der Waals surface area contributed by atoms with Crippen LogP contribution in [0.2, 0.25) is 0 Å². The second-order valence-corrected chi connectivity index (χ2v) is 5.36. The first-order chi connectivity index (χ1) is 11.1. The number of rotatable bonds is 6. The van der Waals surface area contributed by atoms with Gasteiger partial charge in [0, 0.05) is 40.7 Å². The van der Waals surface area contributed by atoms with E-state index < -0.39 is 0 Å². The van der Waals surface area contributed by atoms with Gasteiger partial charge in [0.05, 0.1) is 12.0 Å². The van der Waals surface area contributed by atoms with E-state index in [0.29, 0.717) is 24.7 Å². The minimum atomic E-state index is -0.227. The molecule has 0 aliphatic carbocycles. The Kier molecular flexibility index (Phi) is 8.59. The van der Waals surface area contributed by atoms with Gasteiger partial charge in [-0.15, -0.1) is 24.0 Å². The largest absolute Gasteiger partial charge is 0.469 e. The fourth-order valence-corrected chi connectivity index (χ4v) is 2.19. The quantitative estimate of drug-likeness (QED) is 0.407. The Labute approximate surface area is 159 Å². The minimum Gasteiger partial charge on any atom is -0.469 e. The molecule has 5 nitrogen and oxygen atoms in total. The highest BCUT2D eigenvalue weighted by Gasteiger charge is 2.06. The van der Waals surface area contributed by atoms with Crippen LogP contribution in [0, 0.1) is 5.82 Å². The Hall–Kier alpha value is -1.77. The summed E-state index contributed by atoms with van der Waals surface area (Å²) in [5, 5.41) is 6.37. The average Bonchev–Trinajstić information content (AvgIpc) is 3.03. The highest BCUT2D eigenvalue weighted by atomic mass is 127. The molecule has 0 atom stereocenters. The van der Waals surface area contributed by atoms with Crippen molar-refractivity contribution in [3.8, 4) is 0 Å². The van der Waals surface area contributed by atoms with E-state index in [1.807, 2.05) is 32.3 Å². The average molecular weight is 446 g/mol. The number of halogens is 2. The topological polar surface area (TPSA) is 52.8 Å². The van der Waals surface area contributed by atoms with Crippen molar-refractivity contribution >= 4 is 35.6 Å². The lowest BCUT2D eigenvalue weighted by molar-refractivity contribution is 0.507. The van der Waals surface area contributed by atoms with Crippen molar-refractivity contribution in [3.63, 3.8) is 0 Å². The van der Waals surface area contributed by atoms with Crippen molar-refractivity contribution in [2.45, 2.75) is 13.0 Å². The number of nitrogens with zero attached hydrogens (tertiary/aromatic N) is 2. The molecule has 0 radical (unpaired) electrons. The Bertz CT molecular complexity index is 644. The van der Waals surface area contributed by atoms with Gasteiger partial charge in [-0.2, -0.15) is 0 Å². The normalized spacial score (nSPS) is 10.9. The maximum absolute atomic E-state index is 13.9. The van der Waals surface area contributed by atoms with Crippen LogP contribution in [0.15, 0.2) is 46.0 Å². The number of aliphatic imine (C=N–C) groups is 1. The van der Waals surface area contributed by atoms with Crippen molar-refractivity contribution in [2.75, 3.05) is 32.6 Å². The Morgan fingerprint density at radius 2 is 2.04 bits per heavy atom. The van der Waals surface area contributed by atoms with Crippen LogP contribution in [0.4, 0.5) is 10.1 Å². The molecule has 0 aliphatic heterocycles. The van der Waals surface area contributed by atoms with Crippen molar-refractivity contribution in [3.05, 3.63) is 53.7 Å². The van der Waals surface area contributed by atoms with Gasteiger partial charge in [-0.1, -0.05) is 6.07 Å². The first kappa shape index (κ1) is 20.3. The van der Waals surface area contributed by atoms with Gasteiger partial charge in [-0.3, -0.25) is 4.99 Å². The molecular formula is C17H24FIN4O. The summed E-state index contributed by atoms with van der Waals surface area (Å²) in [5.41, 5.74) is 1.44. The molecule has 132 valence electrons. The van der Waals surface area contributed by atoms with Crippen LogP contribution < -0.4 is 15.5 Å². The van der Waals surface area contributed by atoms with Crippen LogP contribution in [0.5, 0.6) is 0 Å². The van der Waals surface area contributed by atoms with Crippen LogP contribution in [0.25, 0.3) is 0 Å². The molecule has 24 heavy (non-hydrogen) atoms. The monoisotopic (exact) mass is 446 g/mol. The highest BCUT2D eigenvalue weighted by Crippen LogP contribution is 2.18. The molecular weight excluding hydrogens is 422 g/mol. The number of hydrogen-bond acceptors (Lipinski definition) is 3. The Morgan fingerprint density at radius 1 is 1.25 bits per heavy atom. The Balaban J connectivity index is 0.00000288. The molecule has 1 heterocycles. The molecule has 0 unspecified atom stereocenters. The summed E-state index contributed by atoms with van der Waals surface area (Å²) in [4.78, 5) is 5.90. The molecule has 2 N–H and O–H groups in total. The van der Waals surface area contributed by atoms with E-state index in [1.54, 1.807) is 30.3 Å². The molecule has 7 heteroatoms. The summed E-state index contributed by atoms with van der Waals surface area (Å²) >= 11 is 0. The van der Waals surface area contributed by atoms with Gasteiger partial charge in [-0.05, 0) is 29.8 Å². The SMILES string of the molecule is CN=C(NCCc1ccco1)NCc1ccc(N(C)C)c(F)c1.I. The fourth-order valence-electron chi connectivity index (χ4n) is 2.19. The number of anilines is 1. The van der Waals surface area contributed by atoms with E-state index in [0.717, 1.165) is 17.7 Å². The fraction of sp³-hybridized carbons (Fsp3) is 0.353. The number of hydrogen-bond donors (Lipinski definition) is 2. The standard InChI is InChI=1S/C17H23FN4O.HI/c1-19-17(20-9-8-14-5-4-10-23-14)21-12-13-6-7-16(22(2)3)15(18)11-13;/h4-7,10-11H,8-9,12H2,1-3H3,(H2,19,20,21);1H. The Morgan fingerprint density at radius 3 is 2.62 bits per heavy atom. The molecule has 0 saturated heterocycles. The van der Waals surface area contributed by atoms with Gasteiger partial charge in [-0.25, -0.2) is 4.39 Å². The van der Waals surface area contributed by atoms with Gasteiger partial charge in [0.25, 0.3) is 0 Å². The molecule has 1 aromatic heterocycles. The van der Waals surface area contributed by atoms with Gasteiger partial charge in [0.2, 0.25) is 0 Å². The van der Waals surface area contributed by atoms with Crippen LogP contribution in [-0.2, 0) is 13.0 Å².